The first-order valence-corrected chi connectivity index (χ1v) is 7.78. The molecule has 2 saturated carbocycles. The number of hydrogen-bond acceptors (Lipinski definition) is 1. The fourth-order valence-corrected chi connectivity index (χ4v) is 4.35. The van der Waals surface area contributed by atoms with Crippen LogP contribution < -0.4 is 0 Å². The van der Waals surface area contributed by atoms with Crippen LogP contribution in [0.2, 0.25) is 0 Å². The second kappa shape index (κ2) is 4.32. The third kappa shape index (κ3) is 1.81. The number of nitrogens with zero attached hydrogens (tertiary/aromatic N) is 1. The zero-order valence-corrected chi connectivity index (χ0v) is 11.3. The first kappa shape index (κ1) is 11.1. The van der Waals surface area contributed by atoms with Crippen molar-refractivity contribution < 1.29 is 4.79 Å². The smallest absolute Gasteiger partial charge is 0.226 e. The van der Waals surface area contributed by atoms with E-state index in [0.29, 0.717) is 11.8 Å². The number of carbonyl (C=O) groups is 1. The van der Waals surface area contributed by atoms with Crippen LogP contribution in [-0.4, -0.2) is 29.2 Å². The first-order chi connectivity index (χ1) is 7.81. The summed E-state index contributed by atoms with van der Waals surface area (Å²) in [7, 11) is 0. The van der Waals surface area contributed by atoms with Gasteiger partial charge in [0, 0.05) is 24.3 Å². The number of hydrogen-bond donors (Lipinski definition) is 0. The highest BCUT2D eigenvalue weighted by Crippen LogP contribution is 2.58. The number of likely N-dealkylation sites (tertiary alicyclic amines) is 1. The van der Waals surface area contributed by atoms with Gasteiger partial charge in [-0.3, -0.25) is 4.79 Å². The molecule has 1 heterocycles. The normalized spacial score (nSPS) is 38.6. The maximum Gasteiger partial charge on any atom is 0.226 e. The minimum absolute atomic E-state index is 0.439. The fourth-order valence-electron chi connectivity index (χ4n) is 3.71. The summed E-state index contributed by atoms with van der Waals surface area (Å²) in [5, 5.41) is 1.10. The van der Waals surface area contributed by atoms with Gasteiger partial charge in [-0.25, -0.2) is 0 Å². The van der Waals surface area contributed by atoms with Crippen molar-refractivity contribution in [3.63, 3.8) is 0 Å². The number of amides is 1. The Hall–Kier alpha value is -0.0500. The van der Waals surface area contributed by atoms with Gasteiger partial charge in [-0.15, -0.1) is 0 Å². The van der Waals surface area contributed by atoms with Gasteiger partial charge in [0.25, 0.3) is 0 Å². The summed E-state index contributed by atoms with van der Waals surface area (Å²) < 4.78 is 0. The monoisotopic (exact) mass is 285 g/mol. The van der Waals surface area contributed by atoms with Crippen molar-refractivity contribution >= 4 is 21.8 Å². The van der Waals surface area contributed by atoms with Crippen LogP contribution in [0.5, 0.6) is 0 Å². The summed E-state index contributed by atoms with van der Waals surface area (Å²) in [5.74, 6) is 3.28. The quantitative estimate of drug-likeness (QED) is 0.715. The molecule has 3 heteroatoms. The van der Waals surface area contributed by atoms with Crippen molar-refractivity contribution in [3.8, 4) is 0 Å². The van der Waals surface area contributed by atoms with Crippen LogP contribution >= 0.6 is 15.9 Å². The number of alkyl halides is 1. The van der Waals surface area contributed by atoms with Gasteiger partial charge >= 0.3 is 0 Å². The van der Waals surface area contributed by atoms with E-state index in [2.05, 4.69) is 20.8 Å². The van der Waals surface area contributed by atoms with E-state index < -0.39 is 0 Å². The molecule has 0 radical (unpaired) electrons. The molecule has 1 aliphatic heterocycles. The van der Waals surface area contributed by atoms with Crippen molar-refractivity contribution in [1.29, 1.82) is 0 Å². The lowest BCUT2D eigenvalue weighted by Crippen LogP contribution is -2.40. The zero-order valence-electron chi connectivity index (χ0n) is 9.70. The van der Waals surface area contributed by atoms with Crippen molar-refractivity contribution in [2.45, 2.75) is 32.1 Å². The van der Waals surface area contributed by atoms with Crippen LogP contribution in [0.3, 0.4) is 0 Å². The fraction of sp³-hybridized carbons (Fsp3) is 0.923. The van der Waals surface area contributed by atoms with Crippen LogP contribution in [0.25, 0.3) is 0 Å². The summed E-state index contributed by atoms with van der Waals surface area (Å²) in [6.45, 7) is 2.01. The molecule has 2 aliphatic carbocycles. The number of carbonyl (C=O) groups excluding carboxylic acids is 1. The Morgan fingerprint density at radius 2 is 1.75 bits per heavy atom. The first-order valence-electron chi connectivity index (χ1n) is 6.66. The molecule has 2 nitrogen and oxygen atoms in total. The molecule has 2 atom stereocenters. The Morgan fingerprint density at radius 3 is 2.31 bits per heavy atom. The molecule has 0 aromatic carbocycles. The highest BCUT2D eigenvalue weighted by molar-refractivity contribution is 9.09. The predicted octanol–water partition coefficient (Wildman–Crippen LogP) is 2.67. The minimum atomic E-state index is 0.439. The second-order valence-corrected chi connectivity index (χ2v) is 6.35. The summed E-state index contributed by atoms with van der Waals surface area (Å²) in [6, 6.07) is 0. The topological polar surface area (TPSA) is 20.3 Å². The Balaban J connectivity index is 1.53. The van der Waals surface area contributed by atoms with Gasteiger partial charge in [-0.2, -0.15) is 0 Å². The molecule has 0 aromatic heterocycles. The van der Waals surface area contributed by atoms with E-state index in [-0.39, 0.29) is 0 Å². The maximum atomic E-state index is 12.3. The molecule has 0 spiro atoms. The minimum Gasteiger partial charge on any atom is -0.342 e. The molecule has 0 aromatic rings. The SMILES string of the molecule is O=C(C1C2CCCC21)N1CCC(CBr)CC1. The van der Waals surface area contributed by atoms with Gasteiger partial charge in [0.1, 0.15) is 0 Å². The predicted molar refractivity (Wildman–Crippen MR) is 67.4 cm³/mol. The van der Waals surface area contributed by atoms with E-state index in [1.165, 1.54) is 32.1 Å². The molecular formula is C13H20BrNO. The molecule has 16 heavy (non-hydrogen) atoms. The average Bonchev–Trinajstić information content (AvgIpc) is 2.81. The number of rotatable bonds is 2. The van der Waals surface area contributed by atoms with Crippen LogP contribution in [0, 0.1) is 23.7 Å². The summed E-state index contributed by atoms with van der Waals surface area (Å²) in [5.41, 5.74) is 0. The molecule has 90 valence electrons. The summed E-state index contributed by atoms with van der Waals surface area (Å²) in [6.07, 6.45) is 6.39. The molecule has 3 aliphatic rings. The standard InChI is InChI=1S/C13H20BrNO/c14-8-9-4-6-15(7-5-9)13(16)12-10-2-1-3-11(10)12/h9-12H,1-8H2. The summed E-state index contributed by atoms with van der Waals surface area (Å²) >= 11 is 3.55. The highest BCUT2D eigenvalue weighted by atomic mass is 79.9. The lowest BCUT2D eigenvalue weighted by atomic mass is 9.98. The van der Waals surface area contributed by atoms with Gasteiger partial charge in [-0.05, 0) is 43.4 Å². The molecule has 3 rings (SSSR count). The molecule has 2 unspecified atom stereocenters. The van der Waals surface area contributed by atoms with Crippen molar-refractivity contribution in [2.24, 2.45) is 23.7 Å². The van der Waals surface area contributed by atoms with Crippen LogP contribution in [0.4, 0.5) is 0 Å². The number of fused-ring (bicyclic) bond motifs is 1. The molecule has 1 amide bonds. The number of halogens is 1. The van der Waals surface area contributed by atoms with Gasteiger partial charge in [0.05, 0.1) is 0 Å². The van der Waals surface area contributed by atoms with Gasteiger partial charge < -0.3 is 4.90 Å². The van der Waals surface area contributed by atoms with Crippen molar-refractivity contribution in [3.05, 3.63) is 0 Å². The highest BCUT2D eigenvalue weighted by Gasteiger charge is 2.57. The Labute approximate surface area is 106 Å². The van der Waals surface area contributed by atoms with E-state index in [0.717, 1.165) is 36.2 Å². The maximum absolute atomic E-state index is 12.3. The molecule has 0 bridgehead atoms. The van der Waals surface area contributed by atoms with Crippen molar-refractivity contribution in [2.75, 3.05) is 18.4 Å². The van der Waals surface area contributed by atoms with E-state index >= 15 is 0 Å². The third-order valence-electron chi connectivity index (χ3n) is 4.84. The largest absolute Gasteiger partial charge is 0.342 e. The van der Waals surface area contributed by atoms with Crippen LogP contribution in [0.1, 0.15) is 32.1 Å². The Morgan fingerprint density at radius 1 is 1.12 bits per heavy atom. The lowest BCUT2D eigenvalue weighted by molar-refractivity contribution is -0.134. The zero-order chi connectivity index (χ0) is 11.1. The molecule has 0 N–H and O–H groups in total. The van der Waals surface area contributed by atoms with Gasteiger partial charge in [0.2, 0.25) is 5.91 Å². The number of piperidine rings is 1. The molecule has 1 saturated heterocycles. The van der Waals surface area contributed by atoms with Gasteiger partial charge in [0.15, 0.2) is 0 Å². The van der Waals surface area contributed by atoms with E-state index in [1.807, 2.05) is 0 Å². The second-order valence-electron chi connectivity index (χ2n) is 5.71. The Kier molecular flexibility index (Phi) is 2.99. The third-order valence-corrected chi connectivity index (χ3v) is 5.75. The van der Waals surface area contributed by atoms with Crippen LogP contribution in [-0.2, 0) is 4.79 Å². The van der Waals surface area contributed by atoms with E-state index in [1.54, 1.807) is 0 Å². The lowest BCUT2D eigenvalue weighted by Gasteiger charge is -2.31. The van der Waals surface area contributed by atoms with Gasteiger partial charge in [-0.1, -0.05) is 22.4 Å². The van der Waals surface area contributed by atoms with E-state index in [4.69, 9.17) is 0 Å². The van der Waals surface area contributed by atoms with Crippen LogP contribution in [0.15, 0.2) is 0 Å². The molecule has 3 fully saturated rings. The Bertz CT molecular complexity index is 276. The summed E-state index contributed by atoms with van der Waals surface area (Å²) in [4.78, 5) is 14.4. The van der Waals surface area contributed by atoms with Crippen molar-refractivity contribution in [1.82, 2.24) is 4.90 Å². The average molecular weight is 286 g/mol. The van der Waals surface area contributed by atoms with E-state index in [9.17, 15) is 4.79 Å². The molecular weight excluding hydrogens is 266 g/mol.